The van der Waals surface area contributed by atoms with Gasteiger partial charge in [0.25, 0.3) is 0 Å². The summed E-state index contributed by atoms with van der Waals surface area (Å²) in [4.78, 5) is 16.7. The van der Waals surface area contributed by atoms with Crippen LogP contribution in [0.4, 0.5) is 0 Å². The van der Waals surface area contributed by atoms with Gasteiger partial charge in [0.05, 0.1) is 6.54 Å². The lowest BCUT2D eigenvalue weighted by atomic mass is 9.93. The van der Waals surface area contributed by atoms with Crippen molar-refractivity contribution in [3.05, 3.63) is 0 Å². The van der Waals surface area contributed by atoms with E-state index in [1.165, 1.54) is 0 Å². The molecule has 2 N–H and O–H groups in total. The van der Waals surface area contributed by atoms with Crippen LogP contribution in [0.3, 0.4) is 0 Å². The van der Waals surface area contributed by atoms with Gasteiger partial charge in [-0.15, -0.1) is 0 Å². The lowest BCUT2D eigenvalue weighted by Crippen LogP contribution is -2.47. The van der Waals surface area contributed by atoms with E-state index in [1.54, 1.807) is 0 Å². The Hall–Kier alpha value is -0.610. The minimum Gasteiger partial charge on any atom is -0.342 e. The van der Waals surface area contributed by atoms with Crippen LogP contribution in [0.15, 0.2) is 0 Å². The van der Waals surface area contributed by atoms with Crippen LogP contribution >= 0.6 is 0 Å². The Kier molecular flexibility index (Phi) is 6.96. The second-order valence-corrected chi connectivity index (χ2v) is 7.14. The number of rotatable bonds is 7. The summed E-state index contributed by atoms with van der Waals surface area (Å²) in [6.45, 7) is 13.7. The summed E-state index contributed by atoms with van der Waals surface area (Å²) >= 11 is 0. The highest BCUT2D eigenvalue weighted by Crippen LogP contribution is 2.18. The lowest BCUT2D eigenvalue weighted by Gasteiger charge is -2.35. The minimum atomic E-state index is 0.0753. The van der Waals surface area contributed by atoms with E-state index >= 15 is 0 Å². The fraction of sp³-hybridized carbons (Fsp3) is 0.938. The largest absolute Gasteiger partial charge is 0.342 e. The molecule has 1 amide bonds. The third-order valence-corrected chi connectivity index (χ3v) is 4.24. The third-order valence-electron chi connectivity index (χ3n) is 4.24. The SMILES string of the molecule is CCCN(CC(=O)N1CCC(C)CC1)CC(C)(C)CN. The van der Waals surface area contributed by atoms with Gasteiger partial charge in [0.1, 0.15) is 0 Å². The summed E-state index contributed by atoms with van der Waals surface area (Å²) in [6.07, 6.45) is 3.37. The molecule has 1 aliphatic rings. The fourth-order valence-corrected chi connectivity index (χ4v) is 2.75. The van der Waals surface area contributed by atoms with E-state index < -0.39 is 0 Å². The Balaban J connectivity index is 2.50. The molecule has 0 unspecified atom stereocenters. The van der Waals surface area contributed by atoms with E-state index in [-0.39, 0.29) is 11.3 Å². The molecule has 0 saturated carbocycles. The fourth-order valence-electron chi connectivity index (χ4n) is 2.75. The molecule has 0 aromatic carbocycles. The first-order valence-corrected chi connectivity index (χ1v) is 8.08. The Bertz CT molecular complexity index is 296. The van der Waals surface area contributed by atoms with Gasteiger partial charge in [-0.1, -0.05) is 27.7 Å². The Morgan fingerprint density at radius 1 is 1.35 bits per heavy atom. The molecule has 118 valence electrons. The Labute approximate surface area is 124 Å². The molecule has 0 aromatic heterocycles. The average Bonchev–Trinajstić information content (AvgIpc) is 2.39. The van der Waals surface area contributed by atoms with Crippen LogP contribution in [0, 0.1) is 11.3 Å². The maximum Gasteiger partial charge on any atom is 0.236 e. The van der Waals surface area contributed by atoms with Crippen molar-refractivity contribution in [2.75, 3.05) is 39.3 Å². The van der Waals surface area contributed by atoms with Crippen molar-refractivity contribution < 1.29 is 4.79 Å². The van der Waals surface area contributed by atoms with Crippen LogP contribution in [-0.2, 0) is 4.79 Å². The first-order valence-electron chi connectivity index (χ1n) is 8.08. The third kappa shape index (κ3) is 5.80. The van der Waals surface area contributed by atoms with Crippen LogP contribution in [0.25, 0.3) is 0 Å². The van der Waals surface area contributed by atoms with Crippen molar-refractivity contribution >= 4 is 5.91 Å². The van der Waals surface area contributed by atoms with E-state index in [2.05, 4.69) is 32.6 Å². The van der Waals surface area contributed by atoms with Crippen LogP contribution in [-0.4, -0.2) is 55.0 Å². The van der Waals surface area contributed by atoms with Gasteiger partial charge >= 0.3 is 0 Å². The highest BCUT2D eigenvalue weighted by molar-refractivity contribution is 5.78. The van der Waals surface area contributed by atoms with Gasteiger partial charge in [-0.3, -0.25) is 9.69 Å². The van der Waals surface area contributed by atoms with Crippen molar-refractivity contribution in [3.8, 4) is 0 Å². The van der Waals surface area contributed by atoms with Crippen molar-refractivity contribution in [2.45, 2.75) is 47.0 Å². The van der Waals surface area contributed by atoms with E-state index in [9.17, 15) is 4.79 Å². The number of carbonyl (C=O) groups is 1. The molecule has 0 aliphatic carbocycles. The van der Waals surface area contributed by atoms with Crippen molar-refractivity contribution in [2.24, 2.45) is 17.1 Å². The van der Waals surface area contributed by atoms with Crippen LogP contribution in [0.5, 0.6) is 0 Å². The molecule has 0 bridgehead atoms. The molecule has 1 rings (SSSR count). The Morgan fingerprint density at radius 3 is 2.45 bits per heavy atom. The normalized spacial score (nSPS) is 17.8. The van der Waals surface area contributed by atoms with E-state index in [1.807, 2.05) is 4.90 Å². The minimum absolute atomic E-state index is 0.0753. The second kappa shape index (κ2) is 7.99. The van der Waals surface area contributed by atoms with Gasteiger partial charge in [0.2, 0.25) is 5.91 Å². The molecular weight excluding hydrogens is 250 g/mol. The second-order valence-electron chi connectivity index (χ2n) is 7.14. The standard InChI is InChI=1S/C16H33N3O/c1-5-8-18(13-16(3,4)12-17)11-15(20)19-9-6-14(2)7-10-19/h14H,5-13,17H2,1-4H3. The lowest BCUT2D eigenvalue weighted by molar-refractivity contribution is -0.134. The number of hydrogen-bond acceptors (Lipinski definition) is 3. The zero-order chi connectivity index (χ0) is 15.2. The first-order chi connectivity index (χ1) is 9.38. The van der Waals surface area contributed by atoms with Gasteiger partial charge < -0.3 is 10.6 Å². The molecule has 0 atom stereocenters. The zero-order valence-corrected chi connectivity index (χ0v) is 13.8. The number of hydrogen-bond donors (Lipinski definition) is 1. The van der Waals surface area contributed by atoms with E-state index in [0.29, 0.717) is 13.1 Å². The molecule has 0 radical (unpaired) electrons. The van der Waals surface area contributed by atoms with Gasteiger partial charge in [0.15, 0.2) is 0 Å². The number of nitrogens with zero attached hydrogens (tertiary/aromatic N) is 2. The van der Waals surface area contributed by atoms with Gasteiger partial charge in [-0.05, 0) is 43.7 Å². The molecule has 1 fully saturated rings. The van der Waals surface area contributed by atoms with Crippen LogP contribution in [0.1, 0.15) is 47.0 Å². The predicted octanol–water partition coefficient (Wildman–Crippen LogP) is 1.94. The van der Waals surface area contributed by atoms with Crippen molar-refractivity contribution in [1.82, 2.24) is 9.80 Å². The van der Waals surface area contributed by atoms with Crippen molar-refractivity contribution in [3.63, 3.8) is 0 Å². The summed E-state index contributed by atoms with van der Waals surface area (Å²) < 4.78 is 0. The summed E-state index contributed by atoms with van der Waals surface area (Å²) in [5.74, 6) is 1.06. The zero-order valence-electron chi connectivity index (χ0n) is 13.8. The molecule has 0 aromatic rings. The first kappa shape index (κ1) is 17.4. The summed E-state index contributed by atoms with van der Waals surface area (Å²) in [6, 6.07) is 0. The van der Waals surface area contributed by atoms with Gasteiger partial charge in [-0.2, -0.15) is 0 Å². The molecule has 1 saturated heterocycles. The number of likely N-dealkylation sites (tertiary alicyclic amines) is 1. The quantitative estimate of drug-likeness (QED) is 0.777. The molecular formula is C16H33N3O. The topological polar surface area (TPSA) is 49.6 Å². The number of amides is 1. The van der Waals surface area contributed by atoms with Crippen LogP contribution in [0.2, 0.25) is 0 Å². The monoisotopic (exact) mass is 283 g/mol. The summed E-state index contributed by atoms with van der Waals surface area (Å²) in [7, 11) is 0. The smallest absolute Gasteiger partial charge is 0.236 e. The van der Waals surface area contributed by atoms with E-state index in [0.717, 1.165) is 51.4 Å². The van der Waals surface area contributed by atoms with Gasteiger partial charge in [-0.25, -0.2) is 0 Å². The number of piperidine rings is 1. The number of carbonyl (C=O) groups excluding carboxylic acids is 1. The average molecular weight is 283 g/mol. The highest BCUT2D eigenvalue weighted by Gasteiger charge is 2.25. The summed E-state index contributed by atoms with van der Waals surface area (Å²) in [5.41, 5.74) is 5.89. The predicted molar refractivity (Wildman–Crippen MR) is 84.5 cm³/mol. The molecule has 1 aliphatic heterocycles. The van der Waals surface area contributed by atoms with Gasteiger partial charge in [0, 0.05) is 19.6 Å². The molecule has 20 heavy (non-hydrogen) atoms. The molecule has 1 heterocycles. The maximum absolute atomic E-state index is 12.4. The molecule has 0 spiro atoms. The molecule has 4 nitrogen and oxygen atoms in total. The molecule has 4 heteroatoms. The van der Waals surface area contributed by atoms with E-state index in [4.69, 9.17) is 5.73 Å². The highest BCUT2D eigenvalue weighted by atomic mass is 16.2. The number of nitrogens with two attached hydrogens (primary N) is 1. The summed E-state index contributed by atoms with van der Waals surface area (Å²) in [5, 5.41) is 0. The van der Waals surface area contributed by atoms with Crippen LogP contribution < -0.4 is 5.73 Å². The van der Waals surface area contributed by atoms with Crippen molar-refractivity contribution in [1.29, 1.82) is 0 Å². The Morgan fingerprint density at radius 2 is 1.95 bits per heavy atom. The maximum atomic E-state index is 12.4.